The molecule has 0 aliphatic carbocycles. The second kappa shape index (κ2) is 7.59. The summed E-state index contributed by atoms with van der Waals surface area (Å²) in [4.78, 5) is 2.57. The first-order chi connectivity index (χ1) is 13.0. The number of primary sulfonamides is 1. The molecule has 0 spiro atoms. The fraction of sp³-hybridized carbons (Fsp3) is 0.300. The van der Waals surface area contributed by atoms with Crippen LogP contribution in [0.4, 0.5) is 5.69 Å². The Kier molecular flexibility index (Phi) is 5.19. The Hall–Kier alpha value is -1.93. The molecular weight excluding hydrogens is 378 g/mol. The Balaban J connectivity index is 1.69. The van der Waals surface area contributed by atoms with Gasteiger partial charge in [-0.1, -0.05) is 12.1 Å². The van der Waals surface area contributed by atoms with Crippen LogP contribution >= 0.6 is 11.3 Å². The van der Waals surface area contributed by atoms with Crippen molar-refractivity contribution in [3.63, 3.8) is 0 Å². The second-order valence-corrected chi connectivity index (χ2v) is 9.45. The fourth-order valence-corrected chi connectivity index (χ4v) is 5.05. The molecule has 0 saturated carbocycles. The molecule has 1 fully saturated rings. The Bertz CT molecular complexity index is 1040. The average molecular weight is 402 g/mol. The lowest BCUT2D eigenvalue weighted by atomic mass is 10.0. The zero-order valence-corrected chi connectivity index (χ0v) is 16.6. The highest BCUT2D eigenvalue weighted by Gasteiger charge is 2.22. The maximum absolute atomic E-state index is 11.7. The van der Waals surface area contributed by atoms with Gasteiger partial charge in [0.1, 0.15) is 0 Å². The molecule has 0 radical (unpaired) electrons. The van der Waals surface area contributed by atoms with Crippen LogP contribution in [0.2, 0.25) is 0 Å². The van der Waals surface area contributed by atoms with Crippen LogP contribution in [0.25, 0.3) is 10.1 Å². The normalized spacial score (nSPS) is 15.9. The van der Waals surface area contributed by atoms with Crippen LogP contribution in [0.15, 0.2) is 58.8 Å². The summed E-state index contributed by atoms with van der Waals surface area (Å²) < 4.78 is 24.7. The lowest BCUT2D eigenvalue weighted by Gasteiger charge is -2.36. The van der Waals surface area contributed by atoms with Crippen LogP contribution < -0.4 is 15.4 Å². The number of anilines is 1. The molecule has 3 aromatic rings. The molecular formula is C20H23N3O2S2. The van der Waals surface area contributed by atoms with Gasteiger partial charge in [0.15, 0.2) is 0 Å². The lowest BCUT2D eigenvalue weighted by Crippen LogP contribution is -2.43. The SMILES string of the molecule is NS(=O)(=O)c1cccc(CN(c2ccc3sccc3c2)C2CCNCC2)c1. The summed E-state index contributed by atoms with van der Waals surface area (Å²) in [7, 11) is -3.70. The van der Waals surface area contributed by atoms with Crippen molar-refractivity contribution >= 4 is 37.1 Å². The molecule has 142 valence electrons. The van der Waals surface area contributed by atoms with E-state index in [1.165, 1.54) is 15.8 Å². The molecule has 1 aliphatic rings. The summed E-state index contributed by atoms with van der Waals surface area (Å²) in [5.74, 6) is 0. The first kappa shape index (κ1) is 18.4. The number of nitrogens with two attached hydrogens (primary N) is 1. The van der Waals surface area contributed by atoms with Crippen molar-refractivity contribution in [3.05, 3.63) is 59.5 Å². The number of sulfonamides is 1. The third-order valence-corrected chi connectivity index (χ3v) is 6.91. The van der Waals surface area contributed by atoms with Crippen LogP contribution in [0.5, 0.6) is 0 Å². The molecule has 1 saturated heterocycles. The number of piperidine rings is 1. The minimum atomic E-state index is -3.70. The third kappa shape index (κ3) is 4.16. The highest BCUT2D eigenvalue weighted by molar-refractivity contribution is 7.89. The highest BCUT2D eigenvalue weighted by Crippen LogP contribution is 2.30. The number of thiophene rings is 1. The van der Waals surface area contributed by atoms with Crippen molar-refractivity contribution in [2.24, 2.45) is 5.14 Å². The van der Waals surface area contributed by atoms with Crippen LogP contribution in [-0.2, 0) is 16.6 Å². The van der Waals surface area contributed by atoms with E-state index in [4.69, 9.17) is 5.14 Å². The van der Waals surface area contributed by atoms with Gasteiger partial charge in [-0.05, 0) is 78.7 Å². The summed E-state index contributed by atoms with van der Waals surface area (Å²) in [5, 5.41) is 12.1. The van der Waals surface area contributed by atoms with E-state index in [1.54, 1.807) is 29.5 Å². The van der Waals surface area contributed by atoms with Gasteiger partial charge >= 0.3 is 0 Å². The van der Waals surface area contributed by atoms with Crippen molar-refractivity contribution in [1.29, 1.82) is 0 Å². The zero-order chi connectivity index (χ0) is 18.9. The van der Waals surface area contributed by atoms with Gasteiger partial charge in [0, 0.05) is 23.0 Å². The molecule has 3 N–H and O–H groups in total. The van der Waals surface area contributed by atoms with E-state index in [1.807, 2.05) is 6.07 Å². The number of nitrogens with zero attached hydrogens (tertiary/aromatic N) is 1. The molecule has 0 unspecified atom stereocenters. The van der Waals surface area contributed by atoms with Crippen molar-refractivity contribution in [3.8, 4) is 0 Å². The number of nitrogens with one attached hydrogen (secondary N) is 1. The lowest BCUT2D eigenvalue weighted by molar-refractivity contribution is 0.428. The van der Waals surface area contributed by atoms with Gasteiger partial charge < -0.3 is 10.2 Å². The maximum atomic E-state index is 11.7. The standard InChI is InChI=1S/C20H23N3O2S2/c21-27(24,25)19-3-1-2-15(12-19)14-23(17-6-9-22-10-7-17)18-4-5-20-16(13-18)8-11-26-20/h1-5,8,11-13,17,22H,6-7,9-10,14H2,(H2,21,24,25). The monoisotopic (exact) mass is 401 g/mol. The quantitative estimate of drug-likeness (QED) is 0.688. The van der Waals surface area contributed by atoms with Crippen LogP contribution in [0, 0.1) is 0 Å². The topological polar surface area (TPSA) is 75.4 Å². The van der Waals surface area contributed by atoms with Gasteiger partial charge in [-0.2, -0.15) is 0 Å². The number of fused-ring (bicyclic) bond motifs is 1. The molecule has 2 aromatic carbocycles. The summed E-state index contributed by atoms with van der Waals surface area (Å²) in [6.07, 6.45) is 2.13. The first-order valence-electron chi connectivity index (χ1n) is 9.07. The number of benzene rings is 2. The van der Waals surface area contributed by atoms with Crippen LogP contribution in [0.3, 0.4) is 0 Å². The summed E-state index contributed by atoms with van der Waals surface area (Å²) in [5.41, 5.74) is 2.12. The van der Waals surface area contributed by atoms with E-state index in [2.05, 4.69) is 39.9 Å². The Morgan fingerprint density at radius 2 is 1.93 bits per heavy atom. The predicted molar refractivity (Wildman–Crippen MR) is 112 cm³/mol. The molecule has 7 heteroatoms. The molecule has 0 atom stereocenters. The van der Waals surface area contributed by atoms with Crippen LogP contribution in [-0.4, -0.2) is 27.5 Å². The Labute approximate surface area is 163 Å². The van der Waals surface area contributed by atoms with Gasteiger partial charge in [0.25, 0.3) is 0 Å². The van der Waals surface area contributed by atoms with E-state index in [-0.39, 0.29) is 4.90 Å². The molecule has 4 rings (SSSR count). The zero-order valence-electron chi connectivity index (χ0n) is 15.0. The van der Waals surface area contributed by atoms with Crippen molar-refractivity contribution in [1.82, 2.24) is 5.32 Å². The first-order valence-corrected chi connectivity index (χ1v) is 11.5. The maximum Gasteiger partial charge on any atom is 0.238 e. The smallest absolute Gasteiger partial charge is 0.238 e. The molecule has 5 nitrogen and oxygen atoms in total. The molecule has 1 aromatic heterocycles. The van der Waals surface area contributed by atoms with Gasteiger partial charge in [-0.25, -0.2) is 13.6 Å². The van der Waals surface area contributed by atoms with E-state index < -0.39 is 10.0 Å². The molecule has 2 heterocycles. The van der Waals surface area contributed by atoms with E-state index in [9.17, 15) is 8.42 Å². The minimum Gasteiger partial charge on any atom is -0.364 e. The minimum absolute atomic E-state index is 0.165. The van der Waals surface area contributed by atoms with Crippen molar-refractivity contribution in [2.45, 2.75) is 30.3 Å². The fourth-order valence-electron chi connectivity index (χ4n) is 3.70. The molecule has 0 amide bonds. The van der Waals surface area contributed by atoms with Gasteiger partial charge in [-0.3, -0.25) is 0 Å². The number of hydrogen-bond donors (Lipinski definition) is 2. The average Bonchev–Trinajstić information content (AvgIpc) is 3.14. The van der Waals surface area contributed by atoms with Gasteiger partial charge in [0.05, 0.1) is 4.90 Å². The number of hydrogen-bond acceptors (Lipinski definition) is 5. The molecule has 1 aliphatic heterocycles. The largest absolute Gasteiger partial charge is 0.364 e. The van der Waals surface area contributed by atoms with Crippen LogP contribution in [0.1, 0.15) is 18.4 Å². The third-order valence-electron chi connectivity index (χ3n) is 5.10. The Morgan fingerprint density at radius 3 is 2.70 bits per heavy atom. The summed E-state index contributed by atoms with van der Waals surface area (Å²) >= 11 is 1.74. The highest BCUT2D eigenvalue weighted by atomic mass is 32.2. The van der Waals surface area contributed by atoms with E-state index >= 15 is 0 Å². The summed E-state index contributed by atoms with van der Waals surface area (Å²) in [6.45, 7) is 2.65. The van der Waals surface area contributed by atoms with E-state index in [0.717, 1.165) is 31.5 Å². The Morgan fingerprint density at radius 1 is 1.11 bits per heavy atom. The van der Waals surface area contributed by atoms with Crippen molar-refractivity contribution in [2.75, 3.05) is 18.0 Å². The second-order valence-electron chi connectivity index (χ2n) is 6.94. The van der Waals surface area contributed by atoms with Gasteiger partial charge in [-0.15, -0.1) is 11.3 Å². The van der Waals surface area contributed by atoms with Crippen molar-refractivity contribution < 1.29 is 8.42 Å². The predicted octanol–water partition coefficient (Wildman–Crippen LogP) is 3.31. The van der Waals surface area contributed by atoms with E-state index in [0.29, 0.717) is 12.6 Å². The molecule has 27 heavy (non-hydrogen) atoms. The molecule has 0 bridgehead atoms. The van der Waals surface area contributed by atoms with Gasteiger partial charge in [0.2, 0.25) is 10.0 Å². The summed E-state index contributed by atoms with van der Waals surface area (Å²) in [6, 6.07) is 16.1. The number of rotatable bonds is 5.